The Morgan fingerprint density at radius 2 is 1.94 bits per heavy atom. The van der Waals surface area contributed by atoms with Crippen LogP contribution in [0.5, 0.6) is 0 Å². The standard InChI is InChI=1S/C13H14ClNO3/c14-9-5-4-6-10-11(9)12(17)13(18)15(10)7-2-1-3-8-16/h4-6,16H,1-3,7-8H2. The van der Waals surface area contributed by atoms with Gasteiger partial charge in [0.2, 0.25) is 0 Å². The number of unbranched alkanes of at least 4 members (excludes halogenated alkanes) is 2. The summed E-state index contributed by atoms with van der Waals surface area (Å²) in [5.74, 6) is -1.04. The smallest absolute Gasteiger partial charge is 0.299 e. The first-order valence-electron chi connectivity index (χ1n) is 5.92. The predicted molar refractivity (Wildman–Crippen MR) is 69.1 cm³/mol. The average Bonchev–Trinajstić information content (AvgIpc) is 2.60. The van der Waals surface area contributed by atoms with Crippen LogP contribution in [0, 0.1) is 0 Å². The summed E-state index contributed by atoms with van der Waals surface area (Å²) in [6.07, 6.45) is 2.29. The highest BCUT2D eigenvalue weighted by Gasteiger charge is 2.36. The molecule has 2 rings (SSSR count). The van der Waals surface area contributed by atoms with Gasteiger partial charge in [0.1, 0.15) is 0 Å². The van der Waals surface area contributed by atoms with Crippen LogP contribution in [-0.2, 0) is 4.79 Å². The molecule has 4 nitrogen and oxygen atoms in total. The van der Waals surface area contributed by atoms with Crippen LogP contribution < -0.4 is 4.90 Å². The van der Waals surface area contributed by atoms with Crippen molar-refractivity contribution < 1.29 is 14.7 Å². The number of rotatable bonds is 5. The summed E-state index contributed by atoms with van der Waals surface area (Å²) in [6, 6.07) is 5.07. The van der Waals surface area contributed by atoms with E-state index in [0.29, 0.717) is 29.2 Å². The number of anilines is 1. The van der Waals surface area contributed by atoms with E-state index in [2.05, 4.69) is 0 Å². The lowest BCUT2D eigenvalue weighted by Crippen LogP contribution is -2.30. The van der Waals surface area contributed by atoms with Crippen molar-refractivity contribution in [2.45, 2.75) is 19.3 Å². The summed E-state index contributed by atoms with van der Waals surface area (Å²) in [4.78, 5) is 25.1. The number of hydrogen-bond donors (Lipinski definition) is 1. The Bertz CT molecular complexity index is 487. The first-order valence-corrected chi connectivity index (χ1v) is 6.30. The van der Waals surface area contributed by atoms with Crippen molar-refractivity contribution in [1.29, 1.82) is 0 Å². The van der Waals surface area contributed by atoms with Gasteiger partial charge >= 0.3 is 0 Å². The number of halogens is 1. The van der Waals surface area contributed by atoms with Gasteiger partial charge in [0.25, 0.3) is 11.7 Å². The topological polar surface area (TPSA) is 57.6 Å². The number of amides is 1. The SMILES string of the molecule is O=C1C(=O)N(CCCCCO)c2cccc(Cl)c21. The quantitative estimate of drug-likeness (QED) is 0.656. The van der Waals surface area contributed by atoms with E-state index in [1.807, 2.05) is 0 Å². The third-order valence-corrected chi connectivity index (χ3v) is 3.30. The van der Waals surface area contributed by atoms with Crippen molar-refractivity contribution in [2.24, 2.45) is 0 Å². The fourth-order valence-corrected chi connectivity index (χ4v) is 2.34. The highest BCUT2D eigenvalue weighted by molar-refractivity contribution is 6.55. The fourth-order valence-electron chi connectivity index (χ4n) is 2.08. The maximum atomic E-state index is 11.8. The van der Waals surface area contributed by atoms with Crippen LogP contribution in [0.1, 0.15) is 29.6 Å². The summed E-state index contributed by atoms with van der Waals surface area (Å²) in [5.41, 5.74) is 0.910. The van der Waals surface area contributed by atoms with Gasteiger partial charge in [-0.3, -0.25) is 9.59 Å². The van der Waals surface area contributed by atoms with Crippen molar-refractivity contribution in [1.82, 2.24) is 0 Å². The van der Waals surface area contributed by atoms with Crippen LogP contribution in [0.25, 0.3) is 0 Å². The van der Waals surface area contributed by atoms with E-state index in [1.165, 1.54) is 4.90 Å². The number of hydrogen-bond acceptors (Lipinski definition) is 3. The molecule has 1 aliphatic rings. The molecule has 1 amide bonds. The summed E-state index contributed by atoms with van der Waals surface area (Å²) in [7, 11) is 0. The van der Waals surface area contributed by atoms with Crippen molar-refractivity contribution in [3.8, 4) is 0 Å². The minimum absolute atomic E-state index is 0.148. The Morgan fingerprint density at radius 1 is 1.17 bits per heavy atom. The van der Waals surface area contributed by atoms with E-state index in [0.717, 1.165) is 12.8 Å². The number of carbonyl (C=O) groups is 2. The molecule has 0 saturated heterocycles. The van der Waals surface area contributed by atoms with Crippen LogP contribution in [-0.4, -0.2) is 29.9 Å². The van der Waals surface area contributed by atoms with Crippen molar-refractivity contribution in [3.05, 3.63) is 28.8 Å². The van der Waals surface area contributed by atoms with Gasteiger partial charge in [0, 0.05) is 13.2 Å². The largest absolute Gasteiger partial charge is 0.396 e. The lowest BCUT2D eigenvalue weighted by atomic mass is 10.1. The van der Waals surface area contributed by atoms with Gasteiger partial charge in [0.05, 0.1) is 16.3 Å². The molecular weight excluding hydrogens is 254 g/mol. The Balaban J connectivity index is 2.16. The van der Waals surface area contributed by atoms with Crippen LogP contribution in [0.4, 0.5) is 5.69 Å². The van der Waals surface area contributed by atoms with Gasteiger partial charge in [-0.2, -0.15) is 0 Å². The van der Waals surface area contributed by atoms with Gasteiger partial charge in [-0.05, 0) is 31.4 Å². The molecule has 0 fully saturated rings. The lowest BCUT2D eigenvalue weighted by Gasteiger charge is -2.16. The first-order chi connectivity index (χ1) is 8.66. The Hall–Kier alpha value is -1.39. The van der Waals surface area contributed by atoms with Crippen molar-refractivity contribution in [2.75, 3.05) is 18.1 Å². The van der Waals surface area contributed by atoms with Gasteiger partial charge < -0.3 is 10.0 Å². The van der Waals surface area contributed by atoms with E-state index in [1.54, 1.807) is 18.2 Å². The molecule has 1 aliphatic heterocycles. The zero-order valence-corrected chi connectivity index (χ0v) is 10.6. The third-order valence-electron chi connectivity index (χ3n) is 2.99. The lowest BCUT2D eigenvalue weighted by molar-refractivity contribution is -0.114. The molecule has 0 radical (unpaired) electrons. The maximum Gasteiger partial charge on any atom is 0.299 e. The van der Waals surface area contributed by atoms with E-state index in [9.17, 15) is 9.59 Å². The van der Waals surface area contributed by atoms with Crippen LogP contribution in [0.2, 0.25) is 5.02 Å². The van der Waals surface area contributed by atoms with Crippen LogP contribution in [0.15, 0.2) is 18.2 Å². The van der Waals surface area contributed by atoms with E-state index in [4.69, 9.17) is 16.7 Å². The number of aliphatic hydroxyl groups is 1. The van der Waals surface area contributed by atoms with Gasteiger partial charge in [0.15, 0.2) is 0 Å². The van der Waals surface area contributed by atoms with Crippen LogP contribution >= 0.6 is 11.6 Å². The normalized spacial score (nSPS) is 14.2. The number of benzene rings is 1. The van der Waals surface area contributed by atoms with Crippen molar-refractivity contribution in [3.63, 3.8) is 0 Å². The highest BCUT2D eigenvalue weighted by atomic mass is 35.5. The summed E-state index contributed by atoms with van der Waals surface area (Å²) < 4.78 is 0. The summed E-state index contributed by atoms with van der Waals surface area (Å²) in [6.45, 7) is 0.632. The van der Waals surface area contributed by atoms with Crippen LogP contribution in [0.3, 0.4) is 0 Å². The van der Waals surface area contributed by atoms with E-state index >= 15 is 0 Å². The molecule has 0 unspecified atom stereocenters. The number of Topliss-reactive ketones (excluding diaryl/α,β-unsaturated/α-hetero) is 1. The molecule has 96 valence electrons. The first kappa shape index (κ1) is 13.1. The molecular formula is C13H14ClNO3. The number of carbonyl (C=O) groups excluding carboxylic acids is 2. The third kappa shape index (κ3) is 2.26. The van der Waals surface area contributed by atoms with Gasteiger partial charge in [-0.1, -0.05) is 17.7 Å². The predicted octanol–water partition coefficient (Wildman–Crippen LogP) is 2.03. The molecule has 0 atom stereocenters. The molecule has 0 saturated carbocycles. The molecule has 1 N–H and O–H groups in total. The molecule has 0 aliphatic carbocycles. The molecule has 0 spiro atoms. The van der Waals surface area contributed by atoms with E-state index < -0.39 is 11.7 Å². The Labute approximate surface area is 110 Å². The minimum Gasteiger partial charge on any atom is -0.396 e. The Morgan fingerprint density at radius 3 is 2.67 bits per heavy atom. The highest BCUT2D eigenvalue weighted by Crippen LogP contribution is 2.34. The zero-order valence-electron chi connectivity index (χ0n) is 9.86. The Kier molecular flexibility index (Phi) is 3.99. The zero-order chi connectivity index (χ0) is 13.1. The number of fused-ring (bicyclic) bond motifs is 1. The molecule has 18 heavy (non-hydrogen) atoms. The fraction of sp³-hybridized carbons (Fsp3) is 0.385. The molecule has 0 aromatic heterocycles. The molecule has 1 aromatic rings. The number of aliphatic hydroxyl groups excluding tert-OH is 1. The molecule has 0 bridgehead atoms. The van der Waals surface area contributed by atoms with Gasteiger partial charge in [-0.15, -0.1) is 0 Å². The molecule has 1 aromatic carbocycles. The maximum absolute atomic E-state index is 11.8. The summed E-state index contributed by atoms with van der Waals surface area (Å²) in [5, 5.41) is 9.02. The monoisotopic (exact) mass is 267 g/mol. The van der Waals surface area contributed by atoms with Crippen molar-refractivity contribution >= 4 is 29.0 Å². The second kappa shape index (κ2) is 5.50. The second-order valence-corrected chi connectivity index (χ2v) is 4.61. The van der Waals surface area contributed by atoms with Gasteiger partial charge in [-0.25, -0.2) is 0 Å². The molecule has 5 heteroatoms. The molecule has 1 heterocycles. The number of nitrogens with zero attached hydrogens (tertiary/aromatic N) is 1. The number of ketones is 1. The second-order valence-electron chi connectivity index (χ2n) is 4.20. The van der Waals surface area contributed by atoms with E-state index in [-0.39, 0.29) is 6.61 Å². The average molecular weight is 268 g/mol. The summed E-state index contributed by atoms with van der Waals surface area (Å²) >= 11 is 5.95. The minimum atomic E-state index is -0.530.